The average Bonchev–Trinajstić information content (AvgIpc) is 2.46. The van der Waals surface area contributed by atoms with Crippen LogP contribution in [0.4, 0.5) is 13.2 Å². The number of nitrogens with zero attached hydrogens (tertiary/aromatic N) is 1. The molecule has 1 aromatic rings. The highest BCUT2D eigenvalue weighted by molar-refractivity contribution is 7.89. The van der Waals surface area contributed by atoms with Gasteiger partial charge in [0.25, 0.3) is 0 Å². The maximum absolute atomic E-state index is 13.0. The minimum atomic E-state index is -4.70. The molecule has 1 unspecified atom stereocenters. The predicted octanol–water partition coefficient (Wildman–Crippen LogP) is 2.88. The van der Waals surface area contributed by atoms with Crippen LogP contribution in [0.3, 0.4) is 0 Å². The summed E-state index contributed by atoms with van der Waals surface area (Å²) in [5.41, 5.74) is 4.68. The van der Waals surface area contributed by atoms with Gasteiger partial charge in [-0.1, -0.05) is 12.1 Å². The largest absolute Gasteiger partial charge is 0.417 e. The van der Waals surface area contributed by atoms with Crippen molar-refractivity contribution < 1.29 is 21.6 Å². The van der Waals surface area contributed by atoms with E-state index in [1.807, 2.05) is 6.92 Å². The summed E-state index contributed by atoms with van der Waals surface area (Å²) in [6.45, 7) is 2.25. The first-order valence-electron chi connectivity index (χ1n) is 7.06. The summed E-state index contributed by atoms with van der Waals surface area (Å²) in [5, 5.41) is 0. The van der Waals surface area contributed by atoms with Crippen LogP contribution in [0.1, 0.15) is 25.3 Å². The lowest BCUT2D eigenvalue weighted by atomic mass is 9.92. The third-order valence-corrected chi connectivity index (χ3v) is 6.01. The van der Waals surface area contributed by atoms with Crippen LogP contribution in [-0.2, 0) is 16.2 Å². The molecule has 1 aliphatic rings. The Labute approximate surface area is 140 Å². The van der Waals surface area contributed by atoms with Gasteiger partial charge in [0.1, 0.15) is 0 Å². The van der Waals surface area contributed by atoms with Crippen LogP contribution in [0.2, 0.25) is 0 Å². The monoisotopic (exact) mass is 372 g/mol. The highest BCUT2D eigenvalue weighted by Crippen LogP contribution is 2.36. The van der Waals surface area contributed by atoms with E-state index in [4.69, 9.17) is 5.73 Å². The van der Waals surface area contributed by atoms with Crippen molar-refractivity contribution in [2.75, 3.05) is 13.1 Å². The molecule has 1 saturated heterocycles. The van der Waals surface area contributed by atoms with Crippen molar-refractivity contribution in [3.05, 3.63) is 29.8 Å². The number of nitrogens with two attached hydrogens (primary N) is 1. The van der Waals surface area contributed by atoms with Gasteiger partial charge in [-0.2, -0.15) is 17.5 Å². The van der Waals surface area contributed by atoms with Gasteiger partial charge >= 0.3 is 6.18 Å². The van der Waals surface area contributed by atoms with Crippen LogP contribution in [0.15, 0.2) is 29.2 Å². The summed E-state index contributed by atoms with van der Waals surface area (Å²) in [7, 11) is -4.15. The van der Waals surface area contributed by atoms with Gasteiger partial charge in [0.15, 0.2) is 0 Å². The number of rotatable bonds is 3. The van der Waals surface area contributed by atoms with E-state index in [2.05, 4.69) is 0 Å². The van der Waals surface area contributed by atoms with Crippen molar-refractivity contribution in [2.45, 2.75) is 36.9 Å². The molecular weight excluding hydrogens is 353 g/mol. The second kappa shape index (κ2) is 7.38. The Morgan fingerprint density at radius 2 is 1.74 bits per heavy atom. The zero-order chi connectivity index (χ0) is 16.5. The quantitative estimate of drug-likeness (QED) is 0.887. The lowest BCUT2D eigenvalue weighted by molar-refractivity contribution is -0.139. The minimum Gasteiger partial charge on any atom is -0.328 e. The highest BCUT2D eigenvalue weighted by Gasteiger charge is 2.39. The molecule has 4 nitrogen and oxygen atoms in total. The standard InChI is InChI=1S/C14H19F3N2O2S.ClH/c1-10(18)11-6-8-19(9-7-11)22(20,21)13-5-3-2-4-12(13)14(15,16)17;/h2-5,10-11H,6-9,18H2,1H3;1H. The molecule has 132 valence electrons. The molecule has 1 aromatic carbocycles. The van der Waals surface area contributed by atoms with E-state index in [1.54, 1.807) is 0 Å². The Kier molecular flexibility index (Phi) is 6.48. The Hall–Kier alpha value is -0.830. The van der Waals surface area contributed by atoms with Crippen LogP contribution in [-0.4, -0.2) is 31.9 Å². The number of benzene rings is 1. The fourth-order valence-electron chi connectivity index (χ4n) is 2.71. The third kappa shape index (κ3) is 4.37. The summed E-state index contributed by atoms with van der Waals surface area (Å²) in [5.74, 6) is 0.198. The highest BCUT2D eigenvalue weighted by atomic mass is 35.5. The summed E-state index contributed by atoms with van der Waals surface area (Å²) in [6.07, 6.45) is -3.58. The van der Waals surface area contributed by atoms with Gasteiger partial charge in [-0.25, -0.2) is 8.42 Å². The molecule has 1 fully saturated rings. The SMILES string of the molecule is CC(N)C1CCN(S(=O)(=O)c2ccccc2C(F)(F)F)CC1.Cl. The Morgan fingerprint density at radius 3 is 2.22 bits per heavy atom. The number of halogens is 4. The molecule has 0 aromatic heterocycles. The van der Waals surface area contributed by atoms with Crippen LogP contribution in [0.25, 0.3) is 0 Å². The lowest BCUT2D eigenvalue weighted by Crippen LogP contribution is -2.42. The maximum Gasteiger partial charge on any atom is 0.417 e. The summed E-state index contributed by atoms with van der Waals surface area (Å²) < 4.78 is 65.2. The fraction of sp³-hybridized carbons (Fsp3) is 0.571. The Morgan fingerprint density at radius 1 is 1.22 bits per heavy atom. The summed E-state index contributed by atoms with van der Waals surface area (Å²) >= 11 is 0. The second-order valence-corrected chi connectivity index (χ2v) is 7.50. The normalized spacial score (nSPS) is 19.2. The number of hydrogen-bond donors (Lipinski definition) is 1. The van der Waals surface area contributed by atoms with Crippen molar-refractivity contribution in [3.8, 4) is 0 Å². The molecule has 0 bridgehead atoms. The molecule has 0 spiro atoms. The van der Waals surface area contributed by atoms with E-state index in [1.165, 1.54) is 12.1 Å². The van der Waals surface area contributed by atoms with Gasteiger partial charge in [-0.3, -0.25) is 0 Å². The Bertz CT molecular complexity index is 627. The van der Waals surface area contributed by atoms with Gasteiger partial charge in [0.2, 0.25) is 10.0 Å². The molecule has 1 heterocycles. The molecule has 1 atom stereocenters. The topological polar surface area (TPSA) is 63.4 Å². The zero-order valence-corrected chi connectivity index (χ0v) is 14.2. The molecular formula is C14H20ClF3N2O2S. The van der Waals surface area contributed by atoms with Crippen LogP contribution in [0, 0.1) is 5.92 Å². The van der Waals surface area contributed by atoms with Gasteiger partial charge in [-0.05, 0) is 37.8 Å². The fourth-order valence-corrected chi connectivity index (χ4v) is 4.39. The molecule has 0 saturated carbocycles. The van der Waals surface area contributed by atoms with Crippen LogP contribution in [0.5, 0.6) is 0 Å². The minimum absolute atomic E-state index is 0. The third-order valence-electron chi connectivity index (χ3n) is 4.05. The number of hydrogen-bond acceptors (Lipinski definition) is 3. The predicted molar refractivity (Wildman–Crippen MR) is 83.8 cm³/mol. The van der Waals surface area contributed by atoms with Crippen LogP contribution < -0.4 is 5.73 Å². The number of sulfonamides is 1. The van der Waals surface area contributed by atoms with Gasteiger partial charge in [0.05, 0.1) is 10.5 Å². The Balaban J connectivity index is 0.00000264. The van der Waals surface area contributed by atoms with Gasteiger partial charge < -0.3 is 5.73 Å². The zero-order valence-electron chi connectivity index (χ0n) is 12.6. The van der Waals surface area contributed by atoms with Crippen LogP contribution >= 0.6 is 12.4 Å². The van der Waals surface area contributed by atoms with E-state index in [9.17, 15) is 21.6 Å². The van der Waals surface area contributed by atoms with E-state index in [0.717, 1.165) is 16.4 Å². The van der Waals surface area contributed by atoms with E-state index >= 15 is 0 Å². The van der Waals surface area contributed by atoms with E-state index < -0.39 is 26.7 Å². The van der Waals surface area contributed by atoms with E-state index in [-0.39, 0.29) is 37.5 Å². The van der Waals surface area contributed by atoms with Gasteiger partial charge in [-0.15, -0.1) is 12.4 Å². The summed E-state index contributed by atoms with van der Waals surface area (Å²) in [4.78, 5) is -0.679. The van der Waals surface area contributed by atoms with Crippen molar-refractivity contribution in [1.82, 2.24) is 4.31 Å². The van der Waals surface area contributed by atoms with Crippen molar-refractivity contribution in [3.63, 3.8) is 0 Å². The van der Waals surface area contributed by atoms with Gasteiger partial charge in [0, 0.05) is 19.1 Å². The van der Waals surface area contributed by atoms with Crippen molar-refractivity contribution in [2.24, 2.45) is 11.7 Å². The molecule has 2 N–H and O–H groups in total. The first-order valence-corrected chi connectivity index (χ1v) is 8.50. The molecule has 0 amide bonds. The molecule has 9 heteroatoms. The van der Waals surface area contributed by atoms with Crippen molar-refractivity contribution >= 4 is 22.4 Å². The van der Waals surface area contributed by atoms with Crippen molar-refractivity contribution in [1.29, 1.82) is 0 Å². The average molecular weight is 373 g/mol. The first kappa shape index (κ1) is 20.2. The summed E-state index contributed by atoms with van der Waals surface area (Å²) in [6, 6.07) is 4.24. The van der Waals surface area contributed by atoms with E-state index in [0.29, 0.717) is 12.8 Å². The first-order chi connectivity index (χ1) is 10.1. The smallest absolute Gasteiger partial charge is 0.328 e. The lowest BCUT2D eigenvalue weighted by Gasteiger charge is -2.33. The number of piperidine rings is 1. The molecule has 2 rings (SSSR count). The second-order valence-electron chi connectivity index (χ2n) is 5.59. The molecule has 0 radical (unpaired) electrons. The molecule has 23 heavy (non-hydrogen) atoms. The molecule has 0 aliphatic carbocycles. The molecule has 1 aliphatic heterocycles. The maximum atomic E-state index is 13.0. The number of alkyl halides is 3.